The molecule has 18 heavy (non-hydrogen) atoms. The van der Waals surface area contributed by atoms with Gasteiger partial charge in [-0.05, 0) is 25.8 Å². The van der Waals surface area contributed by atoms with Crippen LogP contribution in [0.1, 0.15) is 27.2 Å². The highest BCUT2D eigenvalue weighted by atomic mass is 16.5. The molecule has 0 aromatic carbocycles. The summed E-state index contributed by atoms with van der Waals surface area (Å²) in [5, 5.41) is 19.4. The Morgan fingerprint density at radius 1 is 1.44 bits per heavy atom. The molecule has 1 rings (SSSR count). The second kappa shape index (κ2) is 6.88. The maximum Gasteiger partial charge on any atom is 0.109 e. The molecule has 1 aliphatic rings. The van der Waals surface area contributed by atoms with Crippen LogP contribution in [0.4, 0.5) is 0 Å². The molecule has 1 heterocycles. The number of ether oxygens (including phenoxy) is 1. The molecule has 0 aromatic rings. The summed E-state index contributed by atoms with van der Waals surface area (Å²) in [6.07, 6.45) is 6.76. The third-order valence-corrected chi connectivity index (χ3v) is 3.29. The Kier molecular flexibility index (Phi) is 5.79. The van der Waals surface area contributed by atoms with Crippen LogP contribution in [0.2, 0.25) is 0 Å². The zero-order valence-corrected chi connectivity index (χ0v) is 11.4. The van der Waals surface area contributed by atoms with Crippen molar-refractivity contribution in [2.45, 2.75) is 51.6 Å². The molecule has 0 unspecified atom stereocenters. The van der Waals surface area contributed by atoms with E-state index in [9.17, 15) is 10.2 Å². The number of hydrogen-bond donors (Lipinski definition) is 2. The molecule has 5 atom stereocenters. The Morgan fingerprint density at radius 3 is 2.67 bits per heavy atom. The van der Waals surface area contributed by atoms with Gasteiger partial charge in [0, 0.05) is 5.92 Å². The third-order valence-electron chi connectivity index (χ3n) is 3.29. The smallest absolute Gasteiger partial charge is 0.109 e. The van der Waals surface area contributed by atoms with Gasteiger partial charge in [-0.2, -0.15) is 0 Å². The minimum atomic E-state index is -0.622. The molecule has 0 saturated carbocycles. The predicted octanol–water partition coefficient (Wildman–Crippen LogP) is 2.21. The van der Waals surface area contributed by atoms with Crippen molar-refractivity contribution in [2.24, 2.45) is 5.92 Å². The predicted molar refractivity (Wildman–Crippen MR) is 73.2 cm³/mol. The highest BCUT2D eigenvalue weighted by molar-refractivity contribution is 5.17. The normalized spacial score (nSPS) is 32.1. The van der Waals surface area contributed by atoms with Crippen LogP contribution in [0.15, 0.2) is 36.5 Å². The lowest BCUT2D eigenvalue weighted by molar-refractivity contribution is -0.0349. The Morgan fingerprint density at radius 2 is 2.11 bits per heavy atom. The minimum Gasteiger partial charge on any atom is -0.393 e. The number of aliphatic hydroxyl groups is 2. The first-order valence-corrected chi connectivity index (χ1v) is 6.44. The maximum atomic E-state index is 9.94. The molecule has 0 aliphatic carbocycles. The fraction of sp³-hybridized carbons (Fsp3) is 0.600. The van der Waals surface area contributed by atoms with E-state index in [2.05, 4.69) is 6.58 Å². The molecule has 0 spiro atoms. The van der Waals surface area contributed by atoms with Gasteiger partial charge in [0.05, 0.1) is 12.2 Å². The molecule has 3 heteroatoms. The van der Waals surface area contributed by atoms with E-state index in [0.717, 1.165) is 12.0 Å². The monoisotopic (exact) mass is 252 g/mol. The van der Waals surface area contributed by atoms with Crippen LogP contribution >= 0.6 is 0 Å². The van der Waals surface area contributed by atoms with Crippen molar-refractivity contribution in [3.8, 4) is 0 Å². The lowest BCUT2D eigenvalue weighted by atomic mass is 9.96. The van der Waals surface area contributed by atoms with Gasteiger partial charge in [0.1, 0.15) is 12.2 Å². The molecule has 0 fully saturated rings. The van der Waals surface area contributed by atoms with E-state index in [1.807, 2.05) is 26.0 Å². The Hall–Kier alpha value is -0.900. The van der Waals surface area contributed by atoms with E-state index in [-0.39, 0.29) is 18.1 Å². The molecule has 0 bridgehead atoms. The Balaban J connectivity index is 2.75. The van der Waals surface area contributed by atoms with Gasteiger partial charge in [-0.3, -0.25) is 0 Å². The Labute approximate surface area is 109 Å². The van der Waals surface area contributed by atoms with E-state index in [1.165, 1.54) is 0 Å². The molecule has 1 aliphatic heterocycles. The second-order valence-corrected chi connectivity index (χ2v) is 5.01. The molecular formula is C15H24O3. The summed E-state index contributed by atoms with van der Waals surface area (Å²) >= 11 is 0. The summed E-state index contributed by atoms with van der Waals surface area (Å²) in [6, 6.07) is 0. The lowest BCUT2D eigenvalue weighted by Crippen LogP contribution is -2.36. The summed E-state index contributed by atoms with van der Waals surface area (Å²) in [5.41, 5.74) is 0.953. The van der Waals surface area contributed by atoms with Gasteiger partial charge in [-0.25, -0.2) is 0 Å². The van der Waals surface area contributed by atoms with Crippen molar-refractivity contribution in [1.82, 2.24) is 0 Å². The van der Waals surface area contributed by atoms with E-state index >= 15 is 0 Å². The van der Waals surface area contributed by atoms with Crippen LogP contribution in [0, 0.1) is 5.92 Å². The summed E-state index contributed by atoms with van der Waals surface area (Å²) in [4.78, 5) is 0. The lowest BCUT2D eigenvalue weighted by Gasteiger charge is -2.30. The van der Waals surface area contributed by atoms with Crippen LogP contribution in [-0.4, -0.2) is 34.6 Å². The molecule has 0 aromatic heterocycles. The Bertz CT molecular complexity index is 331. The zero-order valence-electron chi connectivity index (χ0n) is 11.4. The van der Waals surface area contributed by atoms with Gasteiger partial charge in [0.2, 0.25) is 0 Å². The van der Waals surface area contributed by atoms with Crippen molar-refractivity contribution in [3.63, 3.8) is 0 Å². The molecular weight excluding hydrogens is 228 g/mol. The van der Waals surface area contributed by atoms with Gasteiger partial charge in [0.25, 0.3) is 0 Å². The van der Waals surface area contributed by atoms with E-state index in [0.29, 0.717) is 0 Å². The van der Waals surface area contributed by atoms with Crippen LogP contribution in [-0.2, 0) is 4.74 Å². The largest absolute Gasteiger partial charge is 0.393 e. The molecule has 102 valence electrons. The highest BCUT2D eigenvalue weighted by Crippen LogP contribution is 2.23. The average Bonchev–Trinajstić information content (AvgIpc) is 2.31. The first kappa shape index (κ1) is 15.2. The zero-order chi connectivity index (χ0) is 13.7. The number of rotatable bonds is 5. The topological polar surface area (TPSA) is 49.7 Å². The minimum absolute atomic E-state index is 0.0268. The summed E-state index contributed by atoms with van der Waals surface area (Å²) in [5.74, 6) is 0.0459. The first-order chi connectivity index (χ1) is 8.45. The van der Waals surface area contributed by atoms with Crippen LogP contribution in [0.3, 0.4) is 0 Å². The van der Waals surface area contributed by atoms with Crippen molar-refractivity contribution in [3.05, 3.63) is 36.5 Å². The summed E-state index contributed by atoms with van der Waals surface area (Å²) in [7, 11) is 0. The van der Waals surface area contributed by atoms with Crippen LogP contribution in [0.5, 0.6) is 0 Å². The van der Waals surface area contributed by atoms with E-state index in [4.69, 9.17) is 4.74 Å². The number of hydrogen-bond acceptors (Lipinski definition) is 3. The number of aliphatic hydroxyl groups excluding tert-OH is 2. The van der Waals surface area contributed by atoms with E-state index in [1.54, 1.807) is 19.1 Å². The van der Waals surface area contributed by atoms with Gasteiger partial charge >= 0.3 is 0 Å². The molecule has 0 saturated heterocycles. The molecule has 0 radical (unpaired) electrons. The van der Waals surface area contributed by atoms with Crippen LogP contribution in [0.25, 0.3) is 0 Å². The van der Waals surface area contributed by atoms with Gasteiger partial charge in [-0.15, -0.1) is 6.58 Å². The van der Waals surface area contributed by atoms with Crippen molar-refractivity contribution in [1.29, 1.82) is 0 Å². The van der Waals surface area contributed by atoms with Crippen LogP contribution < -0.4 is 0 Å². The highest BCUT2D eigenvalue weighted by Gasteiger charge is 2.26. The molecule has 2 N–H and O–H groups in total. The van der Waals surface area contributed by atoms with Gasteiger partial charge in [-0.1, -0.05) is 31.2 Å². The van der Waals surface area contributed by atoms with Gasteiger partial charge < -0.3 is 14.9 Å². The second-order valence-electron chi connectivity index (χ2n) is 5.01. The standard InChI is InChI=1S/C15H24O3/c1-5-6-13-7-8-14(17)15(18-13)11(3)9-10(2)12(4)16/h5,7-10,12-17H,1,6H2,2-4H3/b11-9+/t10-,12-,13+,14+,15+/m1/s1. The quantitative estimate of drug-likeness (QED) is 0.738. The molecule has 0 amide bonds. The van der Waals surface area contributed by atoms with Crippen molar-refractivity contribution in [2.75, 3.05) is 0 Å². The molecule has 3 nitrogen and oxygen atoms in total. The summed E-state index contributed by atoms with van der Waals surface area (Å²) in [6.45, 7) is 9.32. The van der Waals surface area contributed by atoms with Crippen molar-refractivity contribution >= 4 is 0 Å². The third kappa shape index (κ3) is 4.09. The fourth-order valence-corrected chi connectivity index (χ4v) is 1.98. The summed E-state index contributed by atoms with van der Waals surface area (Å²) < 4.78 is 5.82. The first-order valence-electron chi connectivity index (χ1n) is 6.44. The van der Waals surface area contributed by atoms with Gasteiger partial charge in [0.15, 0.2) is 0 Å². The maximum absolute atomic E-state index is 9.94. The fourth-order valence-electron chi connectivity index (χ4n) is 1.98. The SMILES string of the molecule is C=CC[C@H]1C=C[C@H](O)[C@H](/C(C)=C/[C@@H](C)[C@@H](C)O)O1. The van der Waals surface area contributed by atoms with Crippen molar-refractivity contribution < 1.29 is 14.9 Å². The van der Waals surface area contributed by atoms with E-state index < -0.39 is 12.2 Å². The average molecular weight is 252 g/mol.